The smallest absolute Gasteiger partial charge is 0.263 e. The highest BCUT2D eigenvalue weighted by atomic mass is 32.2. The van der Waals surface area contributed by atoms with Gasteiger partial charge < -0.3 is 14.8 Å². The van der Waals surface area contributed by atoms with Gasteiger partial charge in [-0.05, 0) is 65.7 Å². The Morgan fingerprint density at radius 2 is 1.68 bits per heavy atom. The Labute approximate surface area is 215 Å². The molecule has 0 fully saturated rings. The number of rotatable bonds is 10. The molecule has 8 nitrogen and oxygen atoms in total. The van der Waals surface area contributed by atoms with Crippen LogP contribution in [0.15, 0.2) is 108 Å². The molecule has 1 amide bonds. The fourth-order valence-corrected chi connectivity index (χ4v) is 4.34. The van der Waals surface area contributed by atoms with Crippen LogP contribution in [0.2, 0.25) is 0 Å². The van der Waals surface area contributed by atoms with Gasteiger partial charge in [0.2, 0.25) is 5.91 Å². The Balaban J connectivity index is 1.35. The first-order valence-corrected chi connectivity index (χ1v) is 12.8. The number of anilines is 2. The monoisotopic (exact) mass is 515 g/mol. The third-order valence-corrected chi connectivity index (χ3v) is 6.56. The third-order valence-electron chi connectivity index (χ3n) is 5.19. The number of nitrogens with one attached hydrogen (secondary N) is 2. The number of nitrogens with zero attached hydrogens (tertiary/aromatic N) is 1. The van der Waals surface area contributed by atoms with Gasteiger partial charge in [0, 0.05) is 18.0 Å². The van der Waals surface area contributed by atoms with Gasteiger partial charge in [-0.3, -0.25) is 9.52 Å². The van der Waals surface area contributed by atoms with E-state index in [-0.39, 0.29) is 16.6 Å². The van der Waals surface area contributed by atoms with Gasteiger partial charge >= 0.3 is 0 Å². The molecule has 3 aromatic carbocycles. The van der Waals surface area contributed by atoms with Crippen LogP contribution in [0.1, 0.15) is 11.1 Å². The lowest BCUT2D eigenvalue weighted by Crippen LogP contribution is -2.14. The third kappa shape index (κ3) is 7.18. The number of sulfonamides is 1. The molecule has 0 unspecified atom stereocenters. The van der Waals surface area contributed by atoms with E-state index in [1.54, 1.807) is 43.5 Å². The zero-order valence-electron chi connectivity index (χ0n) is 20.0. The minimum Gasteiger partial charge on any atom is -0.493 e. The van der Waals surface area contributed by atoms with Crippen molar-refractivity contribution in [3.05, 3.63) is 114 Å². The number of aromatic nitrogens is 1. The molecule has 0 aliphatic rings. The van der Waals surface area contributed by atoms with E-state index >= 15 is 0 Å². The van der Waals surface area contributed by atoms with Crippen LogP contribution in [0.25, 0.3) is 6.08 Å². The van der Waals surface area contributed by atoms with Gasteiger partial charge in [0.05, 0.1) is 12.0 Å². The van der Waals surface area contributed by atoms with E-state index in [0.717, 1.165) is 11.1 Å². The second-order valence-corrected chi connectivity index (χ2v) is 9.53. The van der Waals surface area contributed by atoms with Crippen LogP contribution in [-0.2, 0) is 21.4 Å². The molecule has 0 spiro atoms. The van der Waals surface area contributed by atoms with E-state index in [2.05, 4.69) is 15.0 Å². The van der Waals surface area contributed by atoms with Crippen LogP contribution in [0, 0.1) is 0 Å². The molecule has 0 aliphatic heterocycles. The summed E-state index contributed by atoms with van der Waals surface area (Å²) in [6.07, 6.45) is 4.52. The number of pyridine rings is 1. The number of ether oxygens (including phenoxy) is 2. The topological polar surface area (TPSA) is 107 Å². The summed E-state index contributed by atoms with van der Waals surface area (Å²) in [6, 6.07) is 26.0. The lowest BCUT2D eigenvalue weighted by molar-refractivity contribution is -0.111. The van der Waals surface area contributed by atoms with Crippen molar-refractivity contribution in [1.29, 1.82) is 0 Å². The van der Waals surface area contributed by atoms with Crippen molar-refractivity contribution in [1.82, 2.24) is 4.98 Å². The number of methoxy groups -OCH3 is 1. The molecule has 37 heavy (non-hydrogen) atoms. The van der Waals surface area contributed by atoms with E-state index in [0.29, 0.717) is 23.8 Å². The van der Waals surface area contributed by atoms with E-state index in [4.69, 9.17) is 9.47 Å². The first-order valence-electron chi connectivity index (χ1n) is 11.3. The van der Waals surface area contributed by atoms with Gasteiger partial charge in [-0.1, -0.05) is 42.5 Å². The minimum atomic E-state index is -3.80. The first kappa shape index (κ1) is 25.5. The van der Waals surface area contributed by atoms with Crippen LogP contribution >= 0.6 is 0 Å². The van der Waals surface area contributed by atoms with Crippen LogP contribution < -0.4 is 19.5 Å². The van der Waals surface area contributed by atoms with Crippen LogP contribution in [-0.4, -0.2) is 26.4 Å². The van der Waals surface area contributed by atoms with E-state index < -0.39 is 10.0 Å². The molecule has 2 N–H and O–H groups in total. The fourth-order valence-electron chi connectivity index (χ4n) is 3.34. The Morgan fingerprint density at radius 1 is 0.919 bits per heavy atom. The first-order chi connectivity index (χ1) is 17.9. The SMILES string of the molecule is COc1cc(/C=C/C(=O)Nc2ccc(S(=O)(=O)Nc3ccccn3)cc2)ccc1OCc1ccccc1. The molecular formula is C28H25N3O5S. The molecule has 1 aromatic heterocycles. The van der Waals surface area contributed by atoms with Crippen molar-refractivity contribution < 1.29 is 22.7 Å². The van der Waals surface area contributed by atoms with Gasteiger partial charge in [-0.2, -0.15) is 0 Å². The summed E-state index contributed by atoms with van der Waals surface area (Å²) in [4.78, 5) is 16.4. The minimum absolute atomic E-state index is 0.0494. The number of amides is 1. The number of benzene rings is 3. The molecule has 4 rings (SSSR count). The predicted octanol–water partition coefficient (Wildman–Crippen LogP) is 5.12. The maximum Gasteiger partial charge on any atom is 0.263 e. The maximum absolute atomic E-state index is 12.5. The lowest BCUT2D eigenvalue weighted by Gasteiger charge is -2.11. The molecule has 0 bridgehead atoms. The zero-order chi connectivity index (χ0) is 26.1. The Morgan fingerprint density at radius 3 is 2.38 bits per heavy atom. The highest BCUT2D eigenvalue weighted by Crippen LogP contribution is 2.29. The van der Waals surface area contributed by atoms with Gasteiger partial charge in [-0.15, -0.1) is 0 Å². The molecular weight excluding hydrogens is 490 g/mol. The summed E-state index contributed by atoms with van der Waals surface area (Å²) in [5, 5.41) is 2.71. The second kappa shape index (κ2) is 11.9. The van der Waals surface area contributed by atoms with E-state index in [9.17, 15) is 13.2 Å². The summed E-state index contributed by atoms with van der Waals surface area (Å²) < 4.78 is 38.7. The number of carbonyl (C=O) groups is 1. The van der Waals surface area contributed by atoms with Crippen molar-refractivity contribution in [2.24, 2.45) is 0 Å². The average Bonchev–Trinajstić information content (AvgIpc) is 2.92. The number of carbonyl (C=O) groups excluding carboxylic acids is 1. The molecule has 188 valence electrons. The van der Waals surface area contributed by atoms with E-state index in [1.807, 2.05) is 36.4 Å². The van der Waals surface area contributed by atoms with Crippen molar-refractivity contribution in [3.8, 4) is 11.5 Å². The lowest BCUT2D eigenvalue weighted by atomic mass is 10.2. The Hall–Kier alpha value is -4.63. The number of hydrogen-bond donors (Lipinski definition) is 2. The second-order valence-electron chi connectivity index (χ2n) is 7.85. The van der Waals surface area contributed by atoms with Crippen LogP contribution in [0.4, 0.5) is 11.5 Å². The van der Waals surface area contributed by atoms with Crippen molar-refractivity contribution in [2.75, 3.05) is 17.1 Å². The van der Waals surface area contributed by atoms with Crippen LogP contribution in [0.5, 0.6) is 11.5 Å². The summed E-state index contributed by atoms with van der Waals surface area (Å²) in [6.45, 7) is 0.411. The highest BCUT2D eigenvalue weighted by Gasteiger charge is 2.14. The molecule has 9 heteroatoms. The quantitative estimate of drug-likeness (QED) is 0.284. The predicted molar refractivity (Wildman–Crippen MR) is 143 cm³/mol. The summed E-state index contributed by atoms with van der Waals surface area (Å²) >= 11 is 0. The van der Waals surface area contributed by atoms with Gasteiger partial charge in [0.25, 0.3) is 10.0 Å². The highest BCUT2D eigenvalue weighted by molar-refractivity contribution is 7.92. The number of hydrogen-bond acceptors (Lipinski definition) is 6. The van der Waals surface area contributed by atoms with Crippen LogP contribution in [0.3, 0.4) is 0 Å². The van der Waals surface area contributed by atoms with Crippen molar-refractivity contribution in [2.45, 2.75) is 11.5 Å². The zero-order valence-corrected chi connectivity index (χ0v) is 20.8. The molecule has 0 saturated carbocycles. The molecule has 0 atom stereocenters. The Kier molecular flexibility index (Phi) is 8.17. The normalized spacial score (nSPS) is 11.2. The van der Waals surface area contributed by atoms with E-state index in [1.165, 1.54) is 36.5 Å². The van der Waals surface area contributed by atoms with Gasteiger partial charge in [0.15, 0.2) is 11.5 Å². The Bertz CT molecular complexity index is 1470. The summed E-state index contributed by atoms with van der Waals surface area (Å²) in [7, 11) is -2.24. The molecule has 1 heterocycles. The molecule has 0 aliphatic carbocycles. The van der Waals surface area contributed by atoms with Gasteiger partial charge in [0.1, 0.15) is 12.4 Å². The van der Waals surface area contributed by atoms with Crippen molar-refractivity contribution in [3.63, 3.8) is 0 Å². The van der Waals surface area contributed by atoms with Gasteiger partial charge in [-0.25, -0.2) is 13.4 Å². The fraction of sp³-hybridized carbons (Fsp3) is 0.0714. The molecule has 0 radical (unpaired) electrons. The largest absolute Gasteiger partial charge is 0.493 e. The summed E-state index contributed by atoms with van der Waals surface area (Å²) in [5.41, 5.74) is 2.25. The standard InChI is InChI=1S/C28H25N3O5S/c1-35-26-19-21(10-16-25(26)36-20-22-7-3-2-4-8-22)11-17-28(32)30-23-12-14-24(15-13-23)37(33,34)31-27-9-5-6-18-29-27/h2-19H,20H2,1H3,(H,29,31)(H,30,32)/b17-11+. The molecule has 0 saturated heterocycles. The maximum atomic E-state index is 12.5. The molecule has 4 aromatic rings. The summed E-state index contributed by atoms with van der Waals surface area (Å²) in [5.74, 6) is 0.998. The average molecular weight is 516 g/mol. The van der Waals surface area contributed by atoms with Crippen molar-refractivity contribution >= 4 is 33.5 Å².